The van der Waals surface area contributed by atoms with Gasteiger partial charge < -0.3 is 10.4 Å². The molecule has 150 valence electrons. The maximum Gasteiger partial charge on any atom is 0.163 e. The Morgan fingerprint density at radius 3 is 2.71 bits per heavy atom. The van der Waals surface area contributed by atoms with Gasteiger partial charge in [0.05, 0.1) is 6.20 Å². The average Bonchev–Trinajstić information content (AvgIpc) is 3.00. The summed E-state index contributed by atoms with van der Waals surface area (Å²) in [7, 11) is 1.45. The Balaban J connectivity index is 2.07. The zero-order chi connectivity index (χ0) is 20.5. The Morgan fingerprint density at radius 2 is 2.07 bits per heavy atom. The van der Waals surface area contributed by atoms with Crippen molar-refractivity contribution in [3.63, 3.8) is 0 Å². The van der Waals surface area contributed by atoms with Crippen LogP contribution in [0.3, 0.4) is 0 Å². The normalized spacial score (nSPS) is 13.1. The number of hydrogen-bond acceptors (Lipinski definition) is 6. The fraction of sp³-hybridized carbons (Fsp3) is 0.421. The Bertz CT molecular complexity index is 988. The van der Waals surface area contributed by atoms with Gasteiger partial charge in [-0.05, 0) is 24.8 Å². The van der Waals surface area contributed by atoms with Gasteiger partial charge in [0.1, 0.15) is 11.6 Å². The maximum atomic E-state index is 13.8. The quantitative estimate of drug-likeness (QED) is 0.451. The van der Waals surface area contributed by atoms with Crippen LogP contribution in [-0.2, 0) is 0 Å². The highest BCUT2D eigenvalue weighted by atomic mass is 127. The third kappa shape index (κ3) is 4.41. The molecule has 3 heterocycles. The molecule has 0 aliphatic rings. The van der Waals surface area contributed by atoms with Crippen LogP contribution in [0.4, 0.5) is 10.2 Å². The monoisotopic (exact) mass is 515 g/mol. The lowest BCUT2D eigenvalue weighted by atomic mass is 9.85. The van der Waals surface area contributed by atoms with Crippen molar-refractivity contribution in [2.45, 2.75) is 40.2 Å². The van der Waals surface area contributed by atoms with Crippen LogP contribution in [0.5, 0.6) is 0 Å². The standard InChI is InChI=1S/C19H23FIN5OS/c1-11-8-22-17(25-16(11)24-15(5-6-27)19(2,3)4)14-10-26(28-21)18-13(14)7-12(20)9-23-18/h7-10,15,27H,5-6H2,1-4H3,(H,22,24,25). The topological polar surface area (TPSA) is 75.9 Å². The lowest BCUT2D eigenvalue weighted by Gasteiger charge is -2.32. The number of fused-ring (bicyclic) bond motifs is 1. The molecule has 0 amide bonds. The third-order valence-corrected chi connectivity index (χ3v) is 6.34. The molecular formula is C19H23FIN5OS. The van der Waals surface area contributed by atoms with Crippen LogP contribution in [0, 0.1) is 18.2 Å². The zero-order valence-corrected chi connectivity index (χ0v) is 19.2. The number of aliphatic hydroxyl groups excluding tert-OH is 1. The Labute approximate surface area is 180 Å². The first-order chi connectivity index (χ1) is 13.2. The van der Waals surface area contributed by atoms with Crippen LogP contribution in [-0.4, -0.2) is 36.7 Å². The number of aliphatic hydroxyl groups is 1. The highest BCUT2D eigenvalue weighted by molar-refractivity contribution is 14.2. The van der Waals surface area contributed by atoms with Gasteiger partial charge in [-0.3, -0.25) is 3.97 Å². The fourth-order valence-corrected chi connectivity index (χ4v) is 4.28. The van der Waals surface area contributed by atoms with Gasteiger partial charge in [-0.2, -0.15) is 0 Å². The van der Waals surface area contributed by atoms with Crippen LogP contribution in [0.15, 0.2) is 24.7 Å². The maximum absolute atomic E-state index is 13.8. The van der Waals surface area contributed by atoms with E-state index >= 15 is 0 Å². The van der Waals surface area contributed by atoms with Crippen molar-refractivity contribution >= 4 is 47.2 Å². The molecule has 1 atom stereocenters. The van der Waals surface area contributed by atoms with E-state index in [0.29, 0.717) is 29.1 Å². The number of nitrogens with zero attached hydrogens (tertiary/aromatic N) is 4. The summed E-state index contributed by atoms with van der Waals surface area (Å²) in [6.07, 6.45) is 5.46. The number of halogens is 2. The van der Waals surface area contributed by atoms with Crippen LogP contribution < -0.4 is 5.32 Å². The van der Waals surface area contributed by atoms with E-state index in [0.717, 1.165) is 11.1 Å². The second-order valence-corrected chi connectivity index (χ2v) is 9.48. The first kappa shape index (κ1) is 21.3. The van der Waals surface area contributed by atoms with Crippen molar-refractivity contribution < 1.29 is 9.50 Å². The Kier molecular flexibility index (Phi) is 6.45. The van der Waals surface area contributed by atoms with Gasteiger partial charge in [0.15, 0.2) is 11.5 Å². The number of anilines is 1. The van der Waals surface area contributed by atoms with Crippen molar-refractivity contribution in [2.75, 3.05) is 11.9 Å². The molecule has 28 heavy (non-hydrogen) atoms. The van der Waals surface area contributed by atoms with Crippen molar-refractivity contribution in [3.8, 4) is 11.4 Å². The van der Waals surface area contributed by atoms with Crippen molar-refractivity contribution in [2.24, 2.45) is 5.41 Å². The molecule has 0 fully saturated rings. The minimum atomic E-state index is -0.397. The minimum absolute atomic E-state index is 0.0457. The second kappa shape index (κ2) is 8.50. The van der Waals surface area contributed by atoms with Crippen molar-refractivity contribution in [3.05, 3.63) is 36.0 Å². The average molecular weight is 515 g/mol. The Morgan fingerprint density at radius 1 is 1.32 bits per heavy atom. The molecule has 0 spiro atoms. The number of nitrogens with one attached hydrogen (secondary N) is 1. The summed E-state index contributed by atoms with van der Waals surface area (Å²) in [5.74, 6) is 0.822. The largest absolute Gasteiger partial charge is 0.396 e. The van der Waals surface area contributed by atoms with E-state index in [-0.39, 0.29) is 18.1 Å². The minimum Gasteiger partial charge on any atom is -0.396 e. The molecule has 3 aromatic heterocycles. The molecule has 0 radical (unpaired) electrons. The van der Waals surface area contributed by atoms with Gasteiger partial charge in [0, 0.05) is 71.9 Å². The number of hydrogen-bond donors (Lipinski definition) is 2. The van der Waals surface area contributed by atoms with E-state index in [1.165, 1.54) is 21.4 Å². The molecular weight excluding hydrogens is 492 g/mol. The van der Waals surface area contributed by atoms with Gasteiger partial charge in [0.25, 0.3) is 0 Å². The van der Waals surface area contributed by atoms with E-state index in [1.807, 2.05) is 17.1 Å². The molecule has 6 nitrogen and oxygen atoms in total. The smallest absolute Gasteiger partial charge is 0.163 e. The van der Waals surface area contributed by atoms with E-state index in [9.17, 15) is 9.50 Å². The van der Waals surface area contributed by atoms with E-state index in [1.54, 1.807) is 6.20 Å². The molecule has 0 bridgehead atoms. The summed E-state index contributed by atoms with van der Waals surface area (Å²) in [5.41, 5.74) is 2.25. The summed E-state index contributed by atoms with van der Waals surface area (Å²) in [4.78, 5) is 13.4. The lowest BCUT2D eigenvalue weighted by molar-refractivity contribution is 0.235. The van der Waals surface area contributed by atoms with E-state index in [4.69, 9.17) is 4.98 Å². The first-order valence-corrected chi connectivity index (χ1v) is 12.2. The molecule has 0 saturated heterocycles. The third-order valence-electron chi connectivity index (χ3n) is 4.64. The summed E-state index contributed by atoms with van der Waals surface area (Å²) in [6, 6.07) is 1.51. The summed E-state index contributed by atoms with van der Waals surface area (Å²) in [6.45, 7) is 8.40. The van der Waals surface area contributed by atoms with E-state index < -0.39 is 5.82 Å². The molecule has 0 saturated carbocycles. The molecule has 0 aliphatic carbocycles. The van der Waals surface area contributed by atoms with Crippen LogP contribution >= 0.6 is 30.3 Å². The SMILES string of the molecule is Cc1cnc(-c2cn(SI)c3ncc(F)cc23)nc1NC(CCO)C(C)(C)C. The van der Waals surface area contributed by atoms with Gasteiger partial charge >= 0.3 is 0 Å². The summed E-state index contributed by atoms with van der Waals surface area (Å²) >= 11 is 2.16. The van der Waals surface area contributed by atoms with Crippen LogP contribution in [0.2, 0.25) is 0 Å². The highest BCUT2D eigenvalue weighted by Crippen LogP contribution is 2.33. The first-order valence-electron chi connectivity index (χ1n) is 8.91. The van der Waals surface area contributed by atoms with Crippen LogP contribution in [0.1, 0.15) is 32.8 Å². The number of pyridine rings is 1. The number of aryl methyl sites for hydroxylation is 1. The zero-order valence-electron chi connectivity index (χ0n) is 16.2. The molecule has 9 heteroatoms. The number of rotatable bonds is 6. The highest BCUT2D eigenvalue weighted by Gasteiger charge is 2.25. The van der Waals surface area contributed by atoms with Crippen molar-refractivity contribution in [1.82, 2.24) is 18.9 Å². The summed E-state index contributed by atoms with van der Waals surface area (Å²) < 4.78 is 15.7. The molecule has 2 N–H and O–H groups in total. The molecule has 1 unspecified atom stereocenters. The molecule has 3 rings (SSSR count). The summed E-state index contributed by atoms with van der Waals surface area (Å²) in [5, 5.41) is 13.6. The van der Waals surface area contributed by atoms with Gasteiger partial charge in [-0.15, -0.1) is 0 Å². The predicted octanol–water partition coefficient (Wildman–Crippen LogP) is 5.00. The number of aromatic nitrogens is 4. The molecule has 3 aromatic rings. The fourth-order valence-electron chi connectivity index (χ4n) is 3.02. The van der Waals surface area contributed by atoms with Gasteiger partial charge in [0.2, 0.25) is 0 Å². The molecule has 0 aromatic carbocycles. The Hall–Kier alpha value is -1.46. The lowest BCUT2D eigenvalue weighted by Crippen LogP contribution is -2.35. The van der Waals surface area contributed by atoms with Crippen molar-refractivity contribution in [1.29, 1.82) is 0 Å². The van der Waals surface area contributed by atoms with Crippen LogP contribution in [0.25, 0.3) is 22.4 Å². The second-order valence-electron chi connectivity index (χ2n) is 7.76. The molecule has 0 aliphatic heterocycles. The van der Waals surface area contributed by atoms with E-state index in [2.05, 4.69) is 57.3 Å². The predicted molar refractivity (Wildman–Crippen MR) is 121 cm³/mol. The van der Waals surface area contributed by atoms with Gasteiger partial charge in [-0.1, -0.05) is 20.8 Å². The van der Waals surface area contributed by atoms with Gasteiger partial charge in [-0.25, -0.2) is 19.3 Å².